The molecule has 1 N–H and O–H groups in total. The van der Waals surface area contributed by atoms with Crippen LogP contribution in [0, 0.1) is 0 Å². The summed E-state index contributed by atoms with van der Waals surface area (Å²) >= 11 is 0. The summed E-state index contributed by atoms with van der Waals surface area (Å²) < 4.78 is 2.76. The lowest BCUT2D eigenvalue weighted by atomic mass is 10.2. The molecule has 1 heterocycles. The Balaban J connectivity index is 2.71. The molecule has 0 aromatic rings. The van der Waals surface area contributed by atoms with Crippen molar-refractivity contribution in [2.24, 2.45) is 0 Å². The second-order valence-electron chi connectivity index (χ2n) is 6.11. The second kappa shape index (κ2) is 3.95. The third kappa shape index (κ3) is 2.38. The standard InChI is InChI=1S/C11H26N2Si/c1-10-9-13(8-7-12-10)14(5,6)11(2,3)4/h10,12H,7-9H2,1-6H3/t10-/m0/s1. The SMILES string of the molecule is C[C@H]1CN([Si](C)(C)C(C)(C)C)CCN1. The molecule has 84 valence electrons. The van der Waals surface area contributed by atoms with E-state index in [0.717, 1.165) is 6.54 Å². The highest BCUT2D eigenvalue weighted by Gasteiger charge is 2.41. The number of piperazine rings is 1. The van der Waals surface area contributed by atoms with Gasteiger partial charge in [0, 0.05) is 25.7 Å². The van der Waals surface area contributed by atoms with Gasteiger partial charge in [-0.15, -0.1) is 0 Å². The van der Waals surface area contributed by atoms with E-state index >= 15 is 0 Å². The Kier molecular flexibility index (Phi) is 3.44. The fraction of sp³-hybridized carbons (Fsp3) is 1.00. The highest BCUT2D eigenvalue weighted by molar-refractivity contribution is 6.77. The van der Waals surface area contributed by atoms with E-state index in [0.29, 0.717) is 11.1 Å². The Labute approximate surface area is 90.2 Å². The zero-order chi connectivity index (χ0) is 11.0. The van der Waals surface area contributed by atoms with Gasteiger partial charge in [-0.25, -0.2) is 0 Å². The monoisotopic (exact) mass is 214 g/mol. The highest BCUT2D eigenvalue weighted by Crippen LogP contribution is 2.38. The van der Waals surface area contributed by atoms with Crippen LogP contribution in [0.15, 0.2) is 0 Å². The van der Waals surface area contributed by atoms with Crippen LogP contribution in [0.2, 0.25) is 18.1 Å². The van der Waals surface area contributed by atoms with Crippen molar-refractivity contribution < 1.29 is 0 Å². The van der Waals surface area contributed by atoms with E-state index in [1.807, 2.05) is 0 Å². The molecular formula is C11H26N2Si. The predicted molar refractivity (Wildman–Crippen MR) is 66.2 cm³/mol. The summed E-state index contributed by atoms with van der Waals surface area (Å²) in [5.74, 6) is 0. The first-order chi connectivity index (χ1) is 6.25. The first-order valence-corrected chi connectivity index (χ1v) is 8.68. The first-order valence-electron chi connectivity index (χ1n) is 5.73. The van der Waals surface area contributed by atoms with Crippen molar-refractivity contribution in [3.63, 3.8) is 0 Å². The maximum absolute atomic E-state index is 3.52. The fourth-order valence-corrected chi connectivity index (χ4v) is 4.26. The van der Waals surface area contributed by atoms with Crippen molar-refractivity contribution in [3.05, 3.63) is 0 Å². The van der Waals surface area contributed by atoms with E-state index in [4.69, 9.17) is 0 Å². The molecule has 1 atom stereocenters. The molecule has 1 rings (SSSR count). The molecule has 0 radical (unpaired) electrons. The van der Waals surface area contributed by atoms with Crippen LogP contribution in [-0.2, 0) is 0 Å². The Bertz CT molecular complexity index is 196. The Morgan fingerprint density at radius 2 is 1.86 bits per heavy atom. The van der Waals surface area contributed by atoms with E-state index < -0.39 is 8.24 Å². The zero-order valence-electron chi connectivity index (χ0n) is 10.6. The minimum Gasteiger partial charge on any atom is -0.320 e. The molecule has 0 spiro atoms. The number of nitrogens with one attached hydrogen (secondary N) is 1. The maximum atomic E-state index is 3.52. The summed E-state index contributed by atoms with van der Waals surface area (Å²) in [6, 6.07) is 0.665. The summed E-state index contributed by atoms with van der Waals surface area (Å²) in [6.45, 7) is 18.1. The van der Waals surface area contributed by atoms with Crippen LogP contribution in [-0.4, -0.2) is 38.5 Å². The normalized spacial score (nSPS) is 26.6. The van der Waals surface area contributed by atoms with Crippen molar-refractivity contribution in [2.45, 2.75) is 51.9 Å². The largest absolute Gasteiger partial charge is 0.320 e. The van der Waals surface area contributed by atoms with Crippen LogP contribution in [0.25, 0.3) is 0 Å². The van der Waals surface area contributed by atoms with Gasteiger partial charge in [0.25, 0.3) is 0 Å². The average Bonchev–Trinajstić information content (AvgIpc) is 2.02. The zero-order valence-corrected chi connectivity index (χ0v) is 11.6. The molecule has 0 aromatic carbocycles. The van der Waals surface area contributed by atoms with Gasteiger partial charge in [0.1, 0.15) is 8.24 Å². The quantitative estimate of drug-likeness (QED) is 0.674. The van der Waals surface area contributed by atoms with Crippen LogP contribution < -0.4 is 5.32 Å². The lowest BCUT2D eigenvalue weighted by Crippen LogP contribution is -2.62. The number of hydrogen-bond donors (Lipinski definition) is 1. The minimum atomic E-state index is -1.25. The number of nitrogens with zero attached hydrogens (tertiary/aromatic N) is 1. The molecule has 0 aromatic heterocycles. The van der Waals surface area contributed by atoms with Crippen LogP contribution in [0.5, 0.6) is 0 Å². The van der Waals surface area contributed by atoms with Gasteiger partial charge in [-0.2, -0.15) is 0 Å². The smallest absolute Gasteiger partial charge is 0.127 e. The van der Waals surface area contributed by atoms with E-state index in [9.17, 15) is 0 Å². The number of hydrogen-bond acceptors (Lipinski definition) is 2. The van der Waals surface area contributed by atoms with E-state index in [-0.39, 0.29) is 0 Å². The molecule has 1 aliphatic rings. The average molecular weight is 214 g/mol. The predicted octanol–water partition coefficient (Wildman–Crippen LogP) is 2.29. The molecule has 1 aliphatic heterocycles. The highest BCUT2D eigenvalue weighted by atomic mass is 28.3. The third-order valence-electron chi connectivity index (χ3n) is 3.99. The molecule has 0 aliphatic carbocycles. The lowest BCUT2D eigenvalue weighted by molar-refractivity contribution is 0.295. The Morgan fingerprint density at radius 3 is 2.29 bits per heavy atom. The molecule has 0 bridgehead atoms. The molecule has 14 heavy (non-hydrogen) atoms. The van der Waals surface area contributed by atoms with Crippen LogP contribution in [0.1, 0.15) is 27.7 Å². The van der Waals surface area contributed by atoms with Gasteiger partial charge in [-0.3, -0.25) is 0 Å². The van der Waals surface area contributed by atoms with Crippen molar-refractivity contribution in [1.82, 2.24) is 9.88 Å². The fourth-order valence-electron chi connectivity index (χ4n) is 1.91. The Morgan fingerprint density at radius 1 is 1.29 bits per heavy atom. The maximum Gasteiger partial charge on any atom is 0.127 e. The van der Waals surface area contributed by atoms with E-state index in [1.165, 1.54) is 13.1 Å². The Hall–Kier alpha value is 0.137. The molecule has 1 saturated heterocycles. The lowest BCUT2D eigenvalue weighted by Gasteiger charge is -2.49. The second-order valence-corrected chi connectivity index (χ2v) is 11.4. The van der Waals surface area contributed by atoms with Gasteiger partial charge in [0.15, 0.2) is 0 Å². The molecule has 0 unspecified atom stereocenters. The molecule has 3 heteroatoms. The van der Waals surface area contributed by atoms with Gasteiger partial charge in [0.2, 0.25) is 0 Å². The minimum absolute atomic E-state index is 0.476. The van der Waals surface area contributed by atoms with Gasteiger partial charge in [-0.05, 0) is 12.0 Å². The van der Waals surface area contributed by atoms with Crippen molar-refractivity contribution in [2.75, 3.05) is 19.6 Å². The van der Waals surface area contributed by atoms with Crippen molar-refractivity contribution in [1.29, 1.82) is 0 Å². The van der Waals surface area contributed by atoms with Crippen molar-refractivity contribution in [3.8, 4) is 0 Å². The summed E-state index contributed by atoms with van der Waals surface area (Å²) in [7, 11) is -1.25. The molecule has 1 fully saturated rings. The van der Waals surface area contributed by atoms with Crippen LogP contribution >= 0.6 is 0 Å². The molecular weight excluding hydrogens is 188 g/mol. The third-order valence-corrected chi connectivity index (χ3v) is 9.65. The topological polar surface area (TPSA) is 15.3 Å². The van der Waals surface area contributed by atoms with E-state index in [2.05, 4.69) is 50.7 Å². The number of rotatable bonds is 1. The van der Waals surface area contributed by atoms with Gasteiger partial charge >= 0.3 is 0 Å². The van der Waals surface area contributed by atoms with Gasteiger partial charge in [-0.1, -0.05) is 33.9 Å². The van der Waals surface area contributed by atoms with Crippen molar-refractivity contribution >= 4 is 8.24 Å². The van der Waals surface area contributed by atoms with Crippen LogP contribution in [0.4, 0.5) is 0 Å². The summed E-state index contributed by atoms with van der Waals surface area (Å²) in [5.41, 5.74) is 0. The van der Waals surface area contributed by atoms with Gasteiger partial charge < -0.3 is 9.88 Å². The summed E-state index contributed by atoms with van der Waals surface area (Å²) in [5, 5.41) is 3.99. The molecule has 0 saturated carbocycles. The molecule has 2 nitrogen and oxygen atoms in total. The van der Waals surface area contributed by atoms with Gasteiger partial charge in [0.05, 0.1) is 0 Å². The van der Waals surface area contributed by atoms with Crippen LogP contribution in [0.3, 0.4) is 0 Å². The molecule has 0 amide bonds. The van der Waals surface area contributed by atoms with E-state index in [1.54, 1.807) is 0 Å². The summed E-state index contributed by atoms with van der Waals surface area (Å²) in [6.07, 6.45) is 0. The summed E-state index contributed by atoms with van der Waals surface area (Å²) in [4.78, 5) is 0. The first kappa shape index (κ1) is 12.2.